The van der Waals surface area contributed by atoms with Crippen molar-refractivity contribution in [2.45, 2.75) is 57.8 Å². The first kappa shape index (κ1) is 17.8. The van der Waals surface area contributed by atoms with Crippen LogP contribution in [-0.2, 0) is 9.63 Å². The van der Waals surface area contributed by atoms with Crippen LogP contribution in [0.3, 0.4) is 0 Å². The average Bonchev–Trinajstić information content (AvgIpc) is 2.98. The third-order valence-electron chi connectivity index (χ3n) is 6.28. The van der Waals surface area contributed by atoms with Crippen LogP contribution in [0.2, 0.25) is 0 Å². The van der Waals surface area contributed by atoms with Gasteiger partial charge >= 0.3 is 0 Å². The number of amides is 1. The van der Waals surface area contributed by atoms with Crippen molar-refractivity contribution in [2.24, 2.45) is 23.7 Å². The van der Waals surface area contributed by atoms with Crippen LogP contribution in [0.25, 0.3) is 0 Å². The maximum atomic E-state index is 13.1. The quantitative estimate of drug-likeness (QED) is 0.721. The van der Waals surface area contributed by atoms with E-state index in [1.807, 2.05) is 17.0 Å². The molecule has 0 aromatic heterocycles. The van der Waals surface area contributed by atoms with E-state index in [4.69, 9.17) is 28.0 Å². The summed E-state index contributed by atoms with van der Waals surface area (Å²) in [7, 11) is 1.94. The minimum Gasteiger partial charge on any atom is -0.323 e. The van der Waals surface area contributed by atoms with E-state index in [1.54, 1.807) is 0 Å². The number of hydrogen-bond acceptors (Lipinski definition) is 3. The van der Waals surface area contributed by atoms with Crippen LogP contribution in [0.4, 0.5) is 0 Å². The molecule has 2 aliphatic heterocycles. The summed E-state index contributed by atoms with van der Waals surface area (Å²) < 4.78 is 0. The van der Waals surface area contributed by atoms with Crippen molar-refractivity contribution in [2.75, 3.05) is 18.8 Å². The summed E-state index contributed by atoms with van der Waals surface area (Å²) in [5, 5.41) is 2.01. The molecule has 1 amide bonds. The maximum Gasteiger partial charge on any atom is 0.244 e. The second-order valence-electron chi connectivity index (χ2n) is 7.90. The van der Waals surface area contributed by atoms with Gasteiger partial charge in [-0.05, 0) is 24.7 Å². The number of carbonyl (C=O) groups is 1. The third-order valence-corrected chi connectivity index (χ3v) is 6.94. The zero-order valence-electron chi connectivity index (χ0n) is 14.5. The molecule has 23 heavy (non-hydrogen) atoms. The normalized spacial score (nSPS) is 44.6. The van der Waals surface area contributed by atoms with Crippen molar-refractivity contribution in [1.82, 2.24) is 9.96 Å². The van der Waals surface area contributed by atoms with E-state index in [9.17, 15) is 4.79 Å². The first-order chi connectivity index (χ1) is 10.9. The van der Waals surface area contributed by atoms with Crippen LogP contribution in [0.1, 0.15) is 40.0 Å². The van der Waals surface area contributed by atoms with Gasteiger partial charge in [-0.15, -0.1) is 28.3 Å². The molecule has 132 valence electrons. The van der Waals surface area contributed by atoms with Crippen molar-refractivity contribution in [3.05, 3.63) is 0 Å². The summed E-state index contributed by atoms with van der Waals surface area (Å²) in [6.07, 6.45) is 3.13. The van der Waals surface area contributed by atoms with E-state index >= 15 is 0 Å². The lowest BCUT2D eigenvalue weighted by Gasteiger charge is -2.52. The standard InChI is InChI=1S/C17H28Cl2N2O2/c1-10(2)13-6-5-11(3)7-17(13)20(4)16(22)15-12(8-18)14(9-19)23-21(15)17/h10-15H,5-9H2,1-4H3/t11-,12-,13+,14-,15+,17+/m1/s1. The number of rotatable bonds is 3. The molecule has 0 unspecified atom stereocenters. The second-order valence-corrected chi connectivity index (χ2v) is 8.52. The summed E-state index contributed by atoms with van der Waals surface area (Å²) in [5.41, 5.74) is -0.349. The largest absolute Gasteiger partial charge is 0.323 e. The first-order valence-corrected chi connectivity index (χ1v) is 9.81. The van der Waals surface area contributed by atoms with E-state index in [-0.39, 0.29) is 29.6 Å². The van der Waals surface area contributed by atoms with Crippen molar-refractivity contribution in [3.63, 3.8) is 0 Å². The van der Waals surface area contributed by atoms with Gasteiger partial charge in [-0.25, -0.2) is 0 Å². The van der Waals surface area contributed by atoms with Gasteiger partial charge in [0.1, 0.15) is 11.7 Å². The van der Waals surface area contributed by atoms with E-state index in [2.05, 4.69) is 20.8 Å². The van der Waals surface area contributed by atoms with Crippen molar-refractivity contribution >= 4 is 29.1 Å². The zero-order chi connectivity index (χ0) is 16.9. The van der Waals surface area contributed by atoms with Crippen LogP contribution in [-0.4, -0.2) is 52.5 Å². The van der Waals surface area contributed by atoms with E-state index < -0.39 is 0 Å². The third kappa shape index (κ3) is 2.44. The fraction of sp³-hybridized carbons (Fsp3) is 0.941. The highest BCUT2D eigenvalue weighted by Gasteiger charge is 2.67. The summed E-state index contributed by atoms with van der Waals surface area (Å²) in [6, 6.07) is -0.284. The number of fused-ring (bicyclic) bond motifs is 2. The lowest BCUT2D eigenvalue weighted by molar-refractivity contribution is -0.261. The Morgan fingerprint density at radius 1 is 1.30 bits per heavy atom. The predicted molar refractivity (Wildman–Crippen MR) is 92.3 cm³/mol. The number of halogens is 2. The molecule has 2 heterocycles. The predicted octanol–water partition coefficient (Wildman–Crippen LogP) is 3.33. The lowest BCUT2D eigenvalue weighted by atomic mass is 9.69. The van der Waals surface area contributed by atoms with Gasteiger partial charge in [0.15, 0.2) is 0 Å². The average molecular weight is 363 g/mol. The molecule has 0 aromatic carbocycles. The summed E-state index contributed by atoms with van der Waals surface area (Å²) >= 11 is 12.3. The highest BCUT2D eigenvalue weighted by Crippen LogP contribution is 2.54. The lowest BCUT2D eigenvalue weighted by Crippen LogP contribution is -2.61. The maximum absolute atomic E-state index is 13.1. The van der Waals surface area contributed by atoms with Gasteiger partial charge in [0.25, 0.3) is 0 Å². The Hall–Kier alpha value is -0.0300. The monoisotopic (exact) mass is 362 g/mol. The molecule has 3 fully saturated rings. The topological polar surface area (TPSA) is 32.8 Å². The molecule has 2 saturated heterocycles. The van der Waals surface area contributed by atoms with Crippen molar-refractivity contribution in [1.29, 1.82) is 0 Å². The Kier molecular flexibility index (Phi) is 4.92. The van der Waals surface area contributed by atoms with Gasteiger partial charge in [-0.2, -0.15) is 0 Å². The van der Waals surface area contributed by atoms with E-state index in [0.29, 0.717) is 29.5 Å². The van der Waals surface area contributed by atoms with Gasteiger partial charge in [0, 0.05) is 24.8 Å². The molecular weight excluding hydrogens is 335 g/mol. The molecule has 6 atom stereocenters. The molecule has 1 saturated carbocycles. The molecule has 0 N–H and O–H groups in total. The van der Waals surface area contributed by atoms with Gasteiger partial charge in [0.2, 0.25) is 5.91 Å². The Balaban J connectivity index is 2.05. The second kappa shape index (κ2) is 6.36. The summed E-state index contributed by atoms with van der Waals surface area (Å²) in [6.45, 7) is 6.78. The number of nitrogens with zero attached hydrogens (tertiary/aromatic N) is 2. The smallest absolute Gasteiger partial charge is 0.244 e. The number of alkyl halides is 2. The number of carbonyl (C=O) groups excluding carboxylic acids is 1. The Labute approximate surface area is 149 Å². The van der Waals surface area contributed by atoms with Gasteiger partial charge in [-0.3, -0.25) is 9.63 Å². The molecule has 3 aliphatic rings. The molecule has 1 spiro atoms. The van der Waals surface area contributed by atoms with Gasteiger partial charge < -0.3 is 4.90 Å². The minimum atomic E-state index is -0.349. The Bertz CT molecular complexity index is 476. The fourth-order valence-electron chi connectivity index (χ4n) is 5.11. The first-order valence-electron chi connectivity index (χ1n) is 8.74. The molecule has 1 aliphatic carbocycles. The molecule has 4 nitrogen and oxygen atoms in total. The number of likely N-dealkylation sites (N-methyl/N-ethyl adjacent to an activating group) is 1. The molecule has 0 bridgehead atoms. The number of hydrogen-bond donors (Lipinski definition) is 0. The summed E-state index contributed by atoms with van der Waals surface area (Å²) in [4.78, 5) is 21.3. The van der Waals surface area contributed by atoms with E-state index in [1.165, 1.54) is 6.42 Å². The van der Waals surface area contributed by atoms with Crippen LogP contribution in [0, 0.1) is 23.7 Å². The molecule has 0 aromatic rings. The summed E-state index contributed by atoms with van der Waals surface area (Å²) in [5.74, 6) is 2.35. The Morgan fingerprint density at radius 2 is 2.00 bits per heavy atom. The van der Waals surface area contributed by atoms with Crippen LogP contribution >= 0.6 is 23.2 Å². The minimum absolute atomic E-state index is 0.0338. The van der Waals surface area contributed by atoms with Crippen LogP contribution in [0.5, 0.6) is 0 Å². The highest BCUT2D eigenvalue weighted by atomic mass is 35.5. The zero-order valence-corrected chi connectivity index (χ0v) is 16.0. The molecule has 3 rings (SSSR count). The van der Waals surface area contributed by atoms with E-state index in [0.717, 1.165) is 12.8 Å². The van der Waals surface area contributed by atoms with Crippen molar-refractivity contribution < 1.29 is 9.63 Å². The Morgan fingerprint density at radius 3 is 2.57 bits per heavy atom. The molecular formula is C17H28Cl2N2O2. The number of hydroxylamine groups is 2. The SMILES string of the molecule is CC(C)[C@@H]1CC[C@@H](C)C[C@@]12N(C)C(=O)[C@@H]1[C@H](CCl)[C@@H](CCl)ON12. The van der Waals surface area contributed by atoms with Gasteiger partial charge in [0.05, 0.1) is 12.0 Å². The molecule has 6 heteroatoms. The molecule has 0 radical (unpaired) electrons. The highest BCUT2D eigenvalue weighted by molar-refractivity contribution is 6.19. The fourth-order valence-corrected chi connectivity index (χ4v) is 5.77. The van der Waals surface area contributed by atoms with Crippen LogP contribution < -0.4 is 0 Å². The van der Waals surface area contributed by atoms with Crippen LogP contribution in [0.15, 0.2) is 0 Å². The van der Waals surface area contributed by atoms with Crippen molar-refractivity contribution in [3.8, 4) is 0 Å². The van der Waals surface area contributed by atoms with Gasteiger partial charge in [-0.1, -0.05) is 27.2 Å².